The van der Waals surface area contributed by atoms with Crippen LogP contribution in [-0.4, -0.2) is 36.3 Å². The van der Waals surface area contributed by atoms with E-state index < -0.39 is 0 Å². The Morgan fingerprint density at radius 3 is 2.36 bits per heavy atom. The molecule has 3 aromatic rings. The van der Waals surface area contributed by atoms with E-state index in [9.17, 15) is 9.59 Å². The van der Waals surface area contributed by atoms with Crippen LogP contribution in [0.15, 0.2) is 65.6 Å². The monoisotopic (exact) mass is 563 g/mol. The molecular weight excluding hydrogens is 545 g/mol. The highest BCUT2D eigenvalue weighted by molar-refractivity contribution is 8.18. The van der Waals surface area contributed by atoms with E-state index >= 15 is 0 Å². The average Bonchev–Trinajstić information content (AvgIpc) is 3.12. The molecule has 3 aromatic carbocycles. The molecule has 0 spiro atoms. The fraction of sp³-hybridized carbons (Fsp3) is 0.154. The van der Waals surface area contributed by atoms with Crippen LogP contribution < -0.4 is 14.2 Å². The molecule has 1 heterocycles. The van der Waals surface area contributed by atoms with E-state index in [0.29, 0.717) is 42.8 Å². The number of ether oxygens (including phenoxy) is 3. The highest BCUT2D eigenvalue weighted by atomic mass is 35.5. The number of nitrogens with zero attached hydrogens (tertiary/aromatic N) is 1. The van der Waals surface area contributed by atoms with Gasteiger partial charge in [0.1, 0.15) is 19.0 Å². The first-order chi connectivity index (χ1) is 17.3. The molecule has 0 unspecified atom stereocenters. The van der Waals surface area contributed by atoms with Crippen molar-refractivity contribution < 1.29 is 23.8 Å². The molecule has 10 heteroatoms. The Hall–Kier alpha value is -2.84. The number of imide groups is 1. The maximum absolute atomic E-state index is 12.8. The van der Waals surface area contributed by atoms with Gasteiger partial charge in [0.15, 0.2) is 11.5 Å². The number of methoxy groups -OCH3 is 1. The average molecular weight is 565 g/mol. The van der Waals surface area contributed by atoms with Crippen LogP contribution in [0.2, 0.25) is 15.1 Å². The minimum absolute atomic E-state index is 0.133. The number of rotatable bonds is 9. The fourth-order valence-corrected chi connectivity index (χ4v) is 4.77. The van der Waals surface area contributed by atoms with Crippen molar-refractivity contribution in [3.8, 4) is 17.2 Å². The van der Waals surface area contributed by atoms with Crippen LogP contribution in [0.3, 0.4) is 0 Å². The van der Waals surface area contributed by atoms with Crippen LogP contribution in [0.1, 0.15) is 11.1 Å². The molecule has 186 valence electrons. The van der Waals surface area contributed by atoms with Gasteiger partial charge in [0.25, 0.3) is 11.1 Å². The lowest BCUT2D eigenvalue weighted by molar-refractivity contribution is -0.123. The highest BCUT2D eigenvalue weighted by Crippen LogP contribution is 2.35. The van der Waals surface area contributed by atoms with Crippen LogP contribution in [0.5, 0.6) is 17.2 Å². The Morgan fingerprint density at radius 1 is 0.889 bits per heavy atom. The number of amides is 2. The molecule has 1 aliphatic heterocycles. The van der Waals surface area contributed by atoms with Crippen molar-refractivity contribution >= 4 is 63.8 Å². The van der Waals surface area contributed by atoms with Crippen molar-refractivity contribution in [3.05, 3.63) is 91.8 Å². The van der Waals surface area contributed by atoms with E-state index in [1.165, 1.54) is 7.11 Å². The third-order valence-electron chi connectivity index (χ3n) is 5.15. The summed E-state index contributed by atoms with van der Waals surface area (Å²) in [5.74, 6) is 1.22. The summed E-state index contributed by atoms with van der Waals surface area (Å²) in [5, 5.41) is 1.30. The maximum atomic E-state index is 12.8. The van der Waals surface area contributed by atoms with Gasteiger partial charge >= 0.3 is 0 Å². The molecule has 0 atom stereocenters. The van der Waals surface area contributed by atoms with Gasteiger partial charge in [0.2, 0.25) is 0 Å². The second-order valence-electron chi connectivity index (χ2n) is 7.57. The van der Waals surface area contributed by atoms with Gasteiger partial charge in [-0.15, -0.1) is 0 Å². The lowest BCUT2D eigenvalue weighted by Crippen LogP contribution is -2.32. The maximum Gasteiger partial charge on any atom is 0.293 e. The van der Waals surface area contributed by atoms with Gasteiger partial charge in [-0.05, 0) is 71.9 Å². The number of halogens is 3. The molecule has 4 rings (SSSR count). The van der Waals surface area contributed by atoms with Gasteiger partial charge in [-0.2, -0.15) is 0 Å². The number of carbonyl (C=O) groups excluding carboxylic acids is 2. The number of hydrogen-bond donors (Lipinski definition) is 0. The number of hydrogen-bond acceptors (Lipinski definition) is 6. The normalized spacial score (nSPS) is 14.4. The predicted molar refractivity (Wildman–Crippen MR) is 143 cm³/mol. The van der Waals surface area contributed by atoms with Crippen molar-refractivity contribution in [2.75, 3.05) is 20.3 Å². The molecule has 6 nitrogen and oxygen atoms in total. The van der Waals surface area contributed by atoms with E-state index in [1.807, 2.05) is 0 Å². The number of thioether (sulfide) groups is 1. The van der Waals surface area contributed by atoms with Gasteiger partial charge in [0, 0.05) is 20.6 Å². The Kier molecular flexibility index (Phi) is 8.69. The van der Waals surface area contributed by atoms with E-state index in [-0.39, 0.29) is 30.9 Å². The summed E-state index contributed by atoms with van der Waals surface area (Å²) in [6, 6.07) is 17.3. The summed E-state index contributed by atoms with van der Waals surface area (Å²) in [4.78, 5) is 26.7. The first-order valence-electron chi connectivity index (χ1n) is 10.7. The van der Waals surface area contributed by atoms with Gasteiger partial charge in [-0.3, -0.25) is 14.5 Å². The van der Waals surface area contributed by atoms with Crippen LogP contribution >= 0.6 is 46.6 Å². The zero-order valence-corrected chi connectivity index (χ0v) is 22.1. The van der Waals surface area contributed by atoms with Crippen LogP contribution in [0.25, 0.3) is 6.08 Å². The Morgan fingerprint density at radius 2 is 1.64 bits per heavy atom. The standard InChI is InChI=1S/C26H20Cl3NO5S/c1-33-23-12-16(2-9-22(23)35-15-17-3-4-19(28)14-21(17)29)13-24-25(31)30(26(32)36-24)10-11-34-20-7-5-18(27)6-8-20/h2-9,12-14H,10-11,15H2,1H3/b24-13-. The third kappa shape index (κ3) is 6.48. The highest BCUT2D eigenvalue weighted by Gasteiger charge is 2.34. The lowest BCUT2D eigenvalue weighted by atomic mass is 10.1. The molecule has 0 radical (unpaired) electrons. The van der Waals surface area contributed by atoms with E-state index in [2.05, 4.69) is 0 Å². The molecule has 1 aliphatic rings. The Bertz CT molecular complexity index is 1310. The largest absolute Gasteiger partial charge is 0.493 e. The predicted octanol–water partition coefficient (Wildman–Crippen LogP) is 7.35. The topological polar surface area (TPSA) is 65.1 Å². The van der Waals surface area contributed by atoms with Crippen LogP contribution in [0.4, 0.5) is 4.79 Å². The fourth-order valence-electron chi connectivity index (χ4n) is 3.32. The molecule has 0 bridgehead atoms. The summed E-state index contributed by atoms with van der Waals surface area (Å²) in [6.45, 7) is 0.529. The van der Waals surface area contributed by atoms with Crippen molar-refractivity contribution in [3.63, 3.8) is 0 Å². The Balaban J connectivity index is 1.40. The molecule has 1 saturated heterocycles. The molecule has 0 aromatic heterocycles. The first-order valence-corrected chi connectivity index (χ1v) is 12.7. The molecule has 1 fully saturated rings. The van der Waals surface area contributed by atoms with Crippen molar-refractivity contribution in [1.82, 2.24) is 4.90 Å². The molecule has 2 amide bonds. The van der Waals surface area contributed by atoms with Crippen LogP contribution in [-0.2, 0) is 11.4 Å². The van der Waals surface area contributed by atoms with Crippen LogP contribution in [0, 0.1) is 0 Å². The SMILES string of the molecule is COc1cc(/C=C2\SC(=O)N(CCOc3ccc(Cl)cc3)C2=O)ccc1OCc1ccc(Cl)cc1Cl. The molecule has 0 N–H and O–H groups in total. The lowest BCUT2D eigenvalue weighted by Gasteiger charge is -2.13. The summed E-state index contributed by atoms with van der Waals surface area (Å²) in [7, 11) is 1.52. The molecule has 0 saturated carbocycles. The molecule has 0 aliphatic carbocycles. The quantitative estimate of drug-likeness (QED) is 0.253. The smallest absolute Gasteiger partial charge is 0.293 e. The third-order valence-corrected chi connectivity index (χ3v) is 6.90. The minimum atomic E-state index is -0.374. The van der Waals surface area contributed by atoms with Crippen molar-refractivity contribution in [2.45, 2.75) is 6.61 Å². The van der Waals surface area contributed by atoms with Gasteiger partial charge in [0.05, 0.1) is 18.6 Å². The summed E-state index contributed by atoms with van der Waals surface area (Å²) in [6.07, 6.45) is 1.65. The molecule has 36 heavy (non-hydrogen) atoms. The van der Waals surface area contributed by atoms with Crippen molar-refractivity contribution in [1.29, 1.82) is 0 Å². The van der Waals surface area contributed by atoms with Gasteiger partial charge in [-0.25, -0.2) is 0 Å². The summed E-state index contributed by atoms with van der Waals surface area (Å²) >= 11 is 18.9. The van der Waals surface area contributed by atoms with E-state index in [1.54, 1.807) is 66.7 Å². The zero-order chi connectivity index (χ0) is 25.7. The van der Waals surface area contributed by atoms with Crippen molar-refractivity contribution in [2.24, 2.45) is 0 Å². The first kappa shape index (κ1) is 26.2. The second kappa shape index (κ2) is 11.9. The zero-order valence-electron chi connectivity index (χ0n) is 19.0. The number of benzene rings is 3. The molecular formula is C26H20Cl3NO5S. The second-order valence-corrected chi connectivity index (χ2v) is 9.84. The van der Waals surface area contributed by atoms with E-state index in [0.717, 1.165) is 22.2 Å². The summed E-state index contributed by atoms with van der Waals surface area (Å²) < 4.78 is 16.9. The number of carbonyl (C=O) groups is 2. The van der Waals surface area contributed by atoms with E-state index in [4.69, 9.17) is 49.0 Å². The Labute approximate surface area is 227 Å². The van der Waals surface area contributed by atoms with Gasteiger partial charge < -0.3 is 14.2 Å². The summed E-state index contributed by atoms with van der Waals surface area (Å²) in [5.41, 5.74) is 1.47. The minimum Gasteiger partial charge on any atom is -0.493 e. The van der Waals surface area contributed by atoms with Gasteiger partial charge in [-0.1, -0.05) is 46.9 Å².